The molecule has 1 aromatic heterocycles. The summed E-state index contributed by atoms with van der Waals surface area (Å²) in [5.41, 5.74) is 18.9. The first-order valence-electron chi connectivity index (χ1n) is 13.2. The first kappa shape index (κ1) is 22.1. The Hall–Kier alpha value is -4.10. The predicted molar refractivity (Wildman–Crippen MR) is 158 cm³/mol. The van der Waals surface area contributed by atoms with Gasteiger partial charge in [-0.05, 0) is 114 Å². The summed E-state index contributed by atoms with van der Waals surface area (Å²) in [5.74, 6) is 0. The van der Waals surface area contributed by atoms with E-state index in [0.29, 0.717) is 0 Å². The lowest BCUT2D eigenvalue weighted by Gasteiger charge is -2.13. The fourth-order valence-corrected chi connectivity index (χ4v) is 6.56. The highest BCUT2D eigenvalue weighted by Gasteiger charge is 2.23. The zero-order valence-electron chi connectivity index (χ0n) is 22.2. The Morgan fingerprint density at radius 2 is 1.30 bits per heavy atom. The van der Waals surface area contributed by atoms with E-state index in [2.05, 4.69) is 124 Å². The molecule has 1 aliphatic carbocycles. The summed E-state index contributed by atoms with van der Waals surface area (Å²) in [6.45, 7) is 8.85. The molecule has 0 fully saturated rings. The Labute approximate surface area is 219 Å². The van der Waals surface area contributed by atoms with E-state index in [-0.39, 0.29) is 0 Å². The number of nitrogens with zero attached hydrogens (tertiary/aromatic N) is 1. The topological polar surface area (TPSA) is 4.93 Å². The highest BCUT2D eigenvalue weighted by molar-refractivity contribution is 6.09. The van der Waals surface area contributed by atoms with E-state index < -0.39 is 0 Å². The van der Waals surface area contributed by atoms with E-state index in [1.807, 2.05) is 0 Å². The van der Waals surface area contributed by atoms with Crippen molar-refractivity contribution in [2.45, 2.75) is 34.1 Å². The van der Waals surface area contributed by atoms with Gasteiger partial charge in [-0.2, -0.15) is 0 Å². The molecule has 0 N–H and O–H groups in total. The van der Waals surface area contributed by atoms with Crippen molar-refractivity contribution in [3.8, 4) is 33.4 Å². The van der Waals surface area contributed by atoms with Gasteiger partial charge in [0.05, 0.1) is 0 Å². The number of rotatable bonds is 2. The minimum Gasteiger partial charge on any atom is -0.344 e. The van der Waals surface area contributed by atoms with Crippen LogP contribution in [-0.4, -0.2) is 4.57 Å². The Bertz CT molecular complexity index is 1900. The van der Waals surface area contributed by atoms with Crippen LogP contribution in [0.15, 0.2) is 84.9 Å². The van der Waals surface area contributed by atoms with Crippen molar-refractivity contribution in [3.05, 3.63) is 118 Å². The number of fused-ring (bicyclic) bond motifs is 6. The normalized spacial score (nSPS) is 12.4. The summed E-state index contributed by atoms with van der Waals surface area (Å²) < 4.78 is 2.33. The molecular formula is C36H31N. The Kier molecular flexibility index (Phi) is 4.75. The molecule has 1 heteroatoms. The van der Waals surface area contributed by atoms with Gasteiger partial charge in [0.2, 0.25) is 0 Å². The van der Waals surface area contributed by atoms with Crippen LogP contribution in [0.3, 0.4) is 0 Å². The maximum atomic E-state index is 2.39. The average molecular weight is 478 g/mol. The maximum Gasteiger partial charge on any atom is 0.0494 e. The fraction of sp³-hybridized carbons (Fsp3) is 0.167. The van der Waals surface area contributed by atoms with Crippen LogP contribution >= 0.6 is 0 Å². The molecule has 1 heterocycles. The van der Waals surface area contributed by atoms with Crippen molar-refractivity contribution in [2.75, 3.05) is 0 Å². The number of aromatic nitrogens is 1. The van der Waals surface area contributed by atoms with Crippen molar-refractivity contribution in [1.82, 2.24) is 4.57 Å². The molecule has 0 saturated heterocycles. The smallest absolute Gasteiger partial charge is 0.0494 e. The van der Waals surface area contributed by atoms with Crippen molar-refractivity contribution in [1.29, 1.82) is 0 Å². The largest absolute Gasteiger partial charge is 0.344 e. The molecule has 0 saturated carbocycles. The van der Waals surface area contributed by atoms with E-state index in [1.165, 1.54) is 88.6 Å². The fourth-order valence-electron chi connectivity index (χ4n) is 6.56. The Morgan fingerprint density at radius 1 is 0.514 bits per heavy atom. The molecule has 180 valence electrons. The van der Waals surface area contributed by atoms with E-state index in [1.54, 1.807) is 0 Å². The molecule has 37 heavy (non-hydrogen) atoms. The van der Waals surface area contributed by atoms with E-state index in [9.17, 15) is 0 Å². The molecule has 7 rings (SSSR count). The number of aryl methyl sites for hydroxylation is 5. The van der Waals surface area contributed by atoms with Crippen LogP contribution in [0.5, 0.6) is 0 Å². The predicted octanol–water partition coefficient (Wildman–Crippen LogP) is 9.47. The zero-order valence-corrected chi connectivity index (χ0v) is 22.2. The molecule has 0 radical (unpaired) electrons. The minimum atomic E-state index is 1.01. The van der Waals surface area contributed by atoms with Gasteiger partial charge in [0.25, 0.3) is 0 Å². The van der Waals surface area contributed by atoms with Crippen molar-refractivity contribution >= 4 is 21.8 Å². The van der Waals surface area contributed by atoms with Crippen LogP contribution in [-0.2, 0) is 13.5 Å². The van der Waals surface area contributed by atoms with Gasteiger partial charge >= 0.3 is 0 Å². The molecule has 1 aliphatic rings. The van der Waals surface area contributed by atoms with E-state index in [4.69, 9.17) is 0 Å². The molecule has 5 aromatic carbocycles. The molecule has 0 spiro atoms. The van der Waals surface area contributed by atoms with Crippen molar-refractivity contribution in [2.24, 2.45) is 7.05 Å². The summed E-state index contributed by atoms with van der Waals surface area (Å²) in [4.78, 5) is 0. The van der Waals surface area contributed by atoms with Crippen LogP contribution in [0.4, 0.5) is 0 Å². The third-order valence-electron chi connectivity index (χ3n) is 8.32. The molecule has 0 atom stereocenters. The third-order valence-corrected chi connectivity index (χ3v) is 8.32. The lowest BCUT2D eigenvalue weighted by atomic mass is 9.91. The van der Waals surface area contributed by atoms with Gasteiger partial charge in [-0.1, -0.05) is 71.8 Å². The Balaban J connectivity index is 1.38. The van der Waals surface area contributed by atoms with Crippen LogP contribution in [0.2, 0.25) is 0 Å². The van der Waals surface area contributed by atoms with Gasteiger partial charge in [0, 0.05) is 28.9 Å². The highest BCUT2D eigenvalue weighted by Crippen LogP contribution is 2.44. The van der Waals surface area contributed by atoms with Crippen LogP contribution in [0, 0.1) is 27.7 Å². The van der Waals surface area contributed by atoms with Gasteiger partial charge in [-0.3, -0.25) is 0 Å². The minimum absolute atomic E-state index is 1.01. The average Bonchev–Trinajstić information content (AvgIpc) is 3.39. The van der Waals surface area contributed by atoms with Crippen LogP contribution in [0.1, 0.15) is 33.4 Å². The standard InChI is InChI=1S/C36H31N/c1-21-9-12-35-34(16-21)30-11-10-25(19-36(30)37(35)5)26-14-23(3)15-27(18-26)28-7-6-8-29-32-17-22(2)13-24(4)31(32)20-33(28)29/h6-19H,20H2,1-5H3. The van der Waals surface area contributed by atoms with Crippen LogP contribution < -0.4 is 0 Å². The highest BCUT2D eigenvalue weighted by atomic mass is 14.9. The monoisotopic (exact) mass is 477 g/mol. The van der Waals surface area contributed by atoms with Crippen molar-refractivity contribution < 1.29 is 0 Å². The van der Waals surface area contributed by atoms with Gasteiger partial charge in [0.15, 0.2) is 0 Å². The molecule has 1 nitrogen and oxygen atoms in total. The first-order chi connectivity index (χ1) is 17.9. The molecule has 0 bridgehead atoms. The van der Waals surface area contributed by atoms with Crippen molar-refractivity contribution in [3.63, 3.8) is 0 Å². The van der Waals surface area contributed by atoms with Gasteiger partial charge in [0.1, 0.15) is 0 Å². The second kappa shape index (κ2) is 7.95. The third kappa shape index (κ3) is 3.38. The molecular weight excluding hydrogens is 446 g/mol. The SMILES string of the molecule is Cc1cc(-c2ccc3c4cc(C)ccc4n(C)c3c2)cc(-c2cccc3c2Cc2c(C)cc(C)cc2-3)c1. The van der Waals surface area contributed by atoms with E-state index >= 15 is 0 Å². The lowest BCUT2D eigenvalue weighted by Crippen LogP contribution is -1.91. The molecule has 0 amide bonds. The summed E-state index contributed by atoms with van der Waals surface area (Å²) in [5, 5.41) is 2.65. The summed E-state index contributed by atoms with van der Waals surface area (Å²) in [6.07, 6.45) is 1.01. The number of hydrogen-bond donors (Lipinski definition) is 0. The van der Waals surface area contributed by atoms with E-state index in [0.717, 1.165) is 6.42 Å². The zero-order chi connectivity index (χ0) is 25.4. The maximum absolute atomic E-state index is 2.39. The molecule has 0 unspecified atom stereocenters. The molecule has 0 aliphatic heterocycles. The number of hydrogen-bond acceptors (Lipinski definition) is 0. The van der Waals surface area contributed by atoms with Gasteiger partial charge in [-0.15, -0.1) is 0 Å². The second-order valence-corrected chi connectivity index (χ2v) is 11.0. The van der Waals surface area contributed by atoms with Crippen LogP contribution in [0.25, 0.3) is 55.2 Å². The quantitative estimate of drug-likeness (QED) is 0.234. The lowest BCUT2D eigenvalue weighted by molar-refractivity contribution is 1.01. The summed E-state index contributed by atoms with van der Waals surface area (Å²) >= 11 is 0. The summed E-state index contributed by atoms with van der Waals surface area (Å²) in [7, 11) is 2.18. The van der Waals surface area contributed by atoms with Gasteiger partial charge < -0.3 is 4.57 Å². The Morgan fingerprint density at radius 3 is 2.16 bits per heavy atom. The molecule has 6 aromatic rings. The van der Waals surface area contributed by atoms with Gasteiger partial charge in [-0.25, -0.2) is 0 Å². The summed E-state index contributed by atoms with van der Waals surface area (Å²) in [6, 6.07) is 32.3. The number of benzene rings is 5. The first-order valence-corrected chi connectivity index (χ1v) is 13.2. The second-order valence-electron chi connectivity index (χ2n) is 11.0.